The van der Waals surface area contributed by atoms with E-state index in [1.165, 1.54) is 21.9 Å². The predicted octanol–water partition coefficient (Wildman–Crippen LogP) is 6.29. The molecule has 0 spiro atoms. The maximum Gasteiger partial charge on any atom is 0.0650 e. The van der Waals surface area contributed by atoms with Crippen LogP contribution in [-0.2, 0) is 0 Å². The molecular formula is C18H14BrCl. The second kappa shape index (κ2) is 5.59. The van der Waals surface area contributed by atoms with Crippen LogP contribution in [0.4, 0.5) is 0 Å². The highest BCUT2D eigenvalue weighted by Crippen LogP contribution is 2.36. The summed E-state index contributed by atoms with van der Waals surface area (Å²) >= 11 is 9.94. The Morgan fingerprint density at radius 2 is 1.70 bits per heavy atom. The van der Waals surface area contributed by atoms with Crippen molar-refractivity contribution in [3.63, 3.8) is 0 Å². The third-order valence-corrected chi connectivity index (χ3v) is 5.02. The van der Waals surface area contributed by atoms with Crippen molar-refractivity contribution in [3.8, 4) is 0 Å². The van der Waals surface area contributed by atoms with Crippen LogP contribution in [0.2, 0.25) is 5.02 Å². The average molecular weight is 346 g/mol. The van der Waals surface area contributed by atoms with Gasteiger partial charge in [0.15, 0.2) is 0 Å². The summed E-state index contributed by atoms with van der Waals surface area (Å²) in [7, 11) is 0. The molecule has 100 valence electrons. The molecule has 0 saturated carbocycles. The first-order chi connectivity index (χ1) is 9.66. The molecule has 0 aliphatic rings. The fourth-order valence-electron chi connectivity index (χ4n) is 2.48. The molecular weight excluding hydrogens is 332 g/mol. The SMILES string of the molecule is Cc1cc(C(Br)c2cccc3ccccc23)ccc1Cl. The third-order valence-electron chi connectivity index (χ3n) is 3.57. The zero-order valence-corrected chi connectivity index (χ0v) is 13.4. The molecule has 0 bridgehead atoms. The molecule has 3 aromatic carbocycles. The van der Waals surface area contributed by atoms with Crippen LogP contribution in [0, 0.1) is 6.92 Å². The van der Waals surface area contributed by atoms with Crippen LogP contribution >= 0.6 is 27.5 Å². The van der Waals surface area contributed by atoms with E-state index in [0.717, 1.165) is 10.6 Å². The first kappa shape index (κ1) is 13.7. The van der Waals surface area contributed by atoms with Crippen molar-refractivity contribution >= 4 is 38.3 Å². The molecule has 0 fully saturated rings. The van der Waals surface area contributed by atoms with Crippen molar-refractivity contribution in [1.82, 2.24) is 0 Å². The van der Waals surface area contributed by atoms with Crippen LogP contribution in [0.5, 0.6) is 0 Å². The molecule has 0 aliphatic heterocycles. The standard InChI is InChI=1S/C18H14BrCl/c1-12-11-14(9-10-17(12)20)18(19)16-8-4-6-13-5-2-3-7-15(13)16/h2-11,18H,1H3. The van der Waals surface area contributed by atoms with Crippen LogP contribution in [0.3, 0.4) is 0 Å². The molecule has 0 aromatic heterocycles. The first-order valence-corrected chi connectivity index (χ1v) is 7.84. The summed E-state index contributed by atoms with van der Waals surface area (Å²) in [6, 6.07) is 21.1. The Bertz CT molecular complexity index is 759. The molecule has 0 heterocycles. The van der Waals surface area contributed by atoms with Crippen LogP contribution in [0.1, 0.15) is 21.5 Å². The van der Waals surface area contributed by atoms with Crippen molar-refractivity contribution < 1.29 is 0 Å². The second-order valence-corrected chi connectivity index (χ2v) is 6.26. The van der Waals surface area contributed by atoms with Gasteiger partial charge in [-0.2, -0.15) is 0 Å². The summed E-state index contributed by atoms with van der Waals surface area (Å²) in [5, 5.41) is 3.36. The zero-order valence-electron chi connectivity index (χ0n) is 11.1. The van der Waals surface area contributed by atoms with Crippen molar-refractivity contribution in [1.29, 1.82) is 0 Å². The minimum atomic E-state index is 0.171. The van der Waals surface area contributed by atoms with Gasteiger partial charge in [0.1, 0.15) is 0 Å². The Kier molecular flexibility index (Phi) is 3.82. The molecule has 0 N–H and O–H groups in total. The number of rotatable bonds is 2. The molecule has 0 amide bonds. The van der Waals surface area contributed by atoms with Crippen molar-refractivity contribution in [2.45, 2.75) is 11.8 Å². The number of halogens is 2. The van der Waals surface area contributed by atoms with Gasteiger partial charge in [-0.15, -0.1) is 0 Å². The molecule has 0 nitrogen and oxygen atoms in total. The fourth-order valence-corrected chi connectivity index (χ4v) is 3.28. The van der Waals surface area contributed by atoms with E-state index in [4.69, 9.17) is 11.6 Å². The smallest absolute Gasteiger partial charge is 0.0650 e. The summed E-state index contributed by atoms with van der Waals surface area (Å²) < 4.78 is 0. The summed E-state index contributed by atoms with van der Waals surface area (Å²) in [5.74, 6) is 0. The molecule has 2 heteroatoms. The minimum Gasteiger partial charge on any atom is -0.0841 e. The van der Waals surface area contributed by atoms with E-state index in [-0.39, 0.29) is 4.83 Å². The van der Waals surface area contributed by atoms with Gasteiger partial charge in [0.2, 0.25) is 0 Å². The Hall–Kier alpha value is -1.31. The van der Waals surface area contributed by atoms with Gasteiger partial charge >= 0.3 is 0 Å². The molecule has 0 radical (unpaired) electrons. The van der Waals surface area contributed by atoms with Gasteiger partial charge in [0.25, 0.3) is 0 Å². The van der Waals surface area contributed by atoms with Crippen LogP contribution < -0.4 is 0 Å². The molecule has 1 atom stereocenters. The van der Waals surface area contributed by atoms with Gasteiger partial charge in [0, 0.05) is 5.02 Å². The maximum absolute atomic E-state index is 6.11. The highest BCUT2D eigenvalue weighted by atomic mass is 79.9. The van der Waals surface area contributed by atoms with E-state index in [2.05, 4.69) is 70.5 Å². The molecule has 1 unspecified atom stereocenters. The lowest BCUT2D eigenvalue weighted by molar-refractivity contribution is 1.19. The number of hydrogen-bond donors (Lipinski definition) is 0. The van der Waals surface area contributed by atoms with E-state index in [1.54, 1.807) is 0 Å². The van der Waals surface area contributed by atoms with Crippen molar-refractivity contribution in [2.75, 3.05) is 0 Å². The summed E-state index contributed by atoms with van der Waals surface area (Å²) in [5.41, 5.74) is 3.61. The van der Waals surface area contributed by atoms with E-state index >= 15 is 0 Å². The minimum absolute atomic E-state index is 0.171. The normalized spacial score (nSPS) is 12.6. The van der Waals surface area contributed by atoms with Gasteiger partial charge in [-0.1, -0.05) is 82.1 Å². The molecule has 20 heavy (non-hydrogen) atoms. The van der Waals surface area contributed by atoms with E-state index in [1.807, 2.05) is 13.0 Å². The Morgan fingerprint density at radius 1 is 0.950 bits per heavy atom. The summed E-state index contributed by atoms with van der Waals surface area (Å²) in [4.78, 5) is 0.171. The largest absolute Gasteiger partial charge is 0.0841 e. The van der Waals surface area contributed by atoms with Crippen LogP contribution in [0.15, 0.2) is 60.7 Å². The van der Waals surface area contributed by atoms with E-state index in [9.17, 15) is 0 Å². The third kappa shape index (κ3) is 2.48. The van der Waals surface area contributed by atoms with E-state index in [0.29, 0.717) is 0 Å². The second-order valence-electron chi connectivity index (χ2n) is 4.94. The van der Waals surface area contributed by atoms with Gasteiger partial charge in [-0.05, 0) is 40.5 Å². The summed E-state index contributed by atoms with van der Waals surface area (Å²) in [6.45, 7) is 2.04. The Balaban J connectivity index is 2.12. The lowest BCUT2D eigenvalue weighted by Crippen LogP contribution is -1.95. The van der Waals surface area contributed by atoms with E-state index < -0.39 is 0 Å². The van der Waals surface area contributed by atoms with Crippen LogP contribution in [-0.4, -0.2) is 0 Å². The number of alkyl halides is 1. The first-order valence-electron chi connectivity index (χ1n) is 6.54. The lowest BCUT2D eigenvalue weighted by Gasteiger charge is -2.14. The summed E-state index contributed by atoms with van der Waals surface area (Å²) in [6.07, 6.45) is 0. The number of fused-ring (bicyclic) bond motifs is 1. The van der Waals surface area contributed by atoms with Crippen LogP contribution in [0.25, 0.3) is 10.8 Å². The Morgan fingerprint density at radius 3 is 2.50 bits per heavy atom. The Labute approximate surface area is 132 Å². The zero-order chi connectivity index (χ0) is 14.1. The van der Waals surface area contributed by atoms with Gasteiger partial charge < -0.3 is 0 Å². The van der Waals surface area contributed by atoms with Gasteiger partial charge in [-0.25, -0.2) is 0 Å². The fraction of sp³-hybridized carbons (Fsp3) is 0.111. The van der Waals surface area contributed by atoms with Gasteiger partial charge in [-0.3, -0.25) is 0 Å². The maximum atomic E-state index is 6.11. The van der Waals surface area contributed by atoms with Gasteiger partial charge in [0.05, 0.1) is 4.83 Å². The lowest BCUT2D eigenvalue weighted by atomic mass is 9.97. The topological polar surface area (TPSA) is 0 Å². The number of hydrogen-bond acceptors (Lipinski definition) is 0. The quantitative estimate of drug-likeness (QED) is 0.479. The number of benzene rings is 3. The monoisotopic (exact) mass is 344 g/mol. The molecule has 0 aliphatic carbocycles. The molecule has 0 saturated heterocycles. The highest BCUT2D eigenvalue weighted by molar-refractivity contribution is 9.09. The molecule has 3 aromatic rings. The highest BCUT2D eigenvalue weighted by Gasteiger charge is 2.13. The average Bonchev–Trinajstić information content (AvgIpc) is 2.49. The van der Waals surface area contributed by atoms with Crippen molar-refractivity contribution in [2.24, 2.45) is 0 Å². The van der Waals surface area contributed by atoms with Crippen molar-refractivity contribution in [3.05, 3.63) is 82.4 Å². The number of aryl methyl sites for hydroxylation is 1. The molecule has 3 rings (SSSR count). The predicted molar refractivity (Wildman–Crippen MR) is 90.9 cm³/mol.